The Kier molecular flexibility index (Phi) is 2.63. The fourth-order valence-electron chi connectivity index (χ4n) is 2.59. The topological polar surface area (TPSA) is 68.9 Å². The highest BCUT2D eigenvalue weighted by atomic mass is 16.7. The number of rotatable bonds is 1. The van der Waals surface area contributed by atoms with Gasteiger partial charge in [-0.25, -0.2) is 0 Å². The van der Waals surface area contributed by atoms with E-state index in [1.807, 2.05) is 0 Å². The van der Waals surface area contributed by atoms with E-state index in [0.29, 0.717) is 39.2 Å². The summed E-state index contributed by atoms with van der Waals surface area (Å²) in [5.74, 6) is 1.38. The molecule has 1 aromatic heterocycles. The normalized spacial score (nSPS) is 12.8. The van der Waals surface area contributed by atoms with Crippen LogP contribution >= 0.6 is 0 Å². The Labute approximate surface area is 125 Å². The van der Waals surface area contributed by atoms with E-state index < -0.39 is 0 Å². The lowest BCUT2D eigenvalue weighted by molar-refractivity contribution is 0.174. The van der Waals surface area contributed by atoms with Gasteiger partial charge in [0.25, 0.3) is 0 Å². The van der Waals surface area contributed by atoms with Gasteiger partial charge in [0.15, 0.2) is 11.5 Å². The molecule has 2 aromatic carbocycles. The lowest BCUT2D eigenvalue weighted by Gasteiger charge is -2.06. The molecule has 1 aliphatic heterocycles. The standard InChI is InChI=1S/C17H12O5/c1-9-13(18)4-3-11-16(19)12(7-20-17(9)11)10-2-5-14-15(6-10)22-8-21-14/h2-7,18H,8H2,1H3. The van der Waals surface area contributed by atoms with Crippen molar-refractivity contribution >= 4 is 11.0 Å². The summed E-state index contributed by atoms with van der Waals surface area (Å²) in [7, 11) is 0. The van der Waals surface area contributed by atoms with Gasteiger partial charge in [0.1, 0.15) is 17.6 Å². The van der Waals surface area contributed by atoms with Crippen LogP contribution in [0.3, 0.4) is 0 Å². The first-order valence-electron chi connectivity index (χ1n) is 6.79. The molecule has 5 nitrogen and oxygen atoms in total. The molecule has 0 spiro atoms. The Hall–Kier alpha value is -2.95. The summed E-state index contributed by atoms with van der Waals surface area (Å²) in [4.78, 5) is 12.7. The van der Waals surface area contributed by atoms with Crippen LogP contribution in [0.15, 0.2) is 45.8 Å². The van der Waals surface area contributed by atoms with E-state index in [1.165, 1.54) is 12.3 Å². The highest BCUT2D eigenvalue weighted by Crippen LogP contribution is 2.35. The molecular weight excluding hydrogens is 284 g/mol. The third kappa shape index (κ3) is 1.75. The minimum absolute atomic E-state index is 0.103. The van der Waals surface area contributed by atoms with E-state index in [9.17, 15) is 9.90 Å². The van der Waals surface area contributed by atoms with Gasteiger partial charge < -0.3 is 19.0 Å². The molecule has 0 unspecified atom stereocenters. The van der Waals surface area contributed by atoms with Crippen LogP contribution in [0.1, 0.15) is 5.56 Å². The number of benzene rings is 2. The fraction of sp³-hybridized carbons (Fsp3) is 0.118. The second-order valence-electron chi connectivity index (χ2n) is 5.13. The molecule has 22 heavy (non-hydrogen) atoms. The number of hydrogen-bond donors (Lipinski definition) is 1. The summed E-state index contributed by atoms with van der Waals surface area (Å²) in [6, 6.07) is 8.38. The van der Waals surface area contributed by atoms with E-state index in [-0.39, 0.29) is 18.0 Å². The summed E-state index contributed by atoms with van der Waals surface area (Å²) in [6.45, 7) is 1.89. The zero-order valence-electron chi connectivity index (χ0n) is 11.8. The zero-order valence-corrected chi connectivity index (χ0v) is 11.8. The van der Waals surface area contributed by atoms with Gasteiger partial charge in [-0.3, -0.25) is 4.79 Å². The number of phenols is 1. The molecule has 0 atom stereocenters. The van der Waals surface area contributed by atoms with Crippen molar-refractivity contribution in [1.29, 1.82) is 0 Å². The molecule has 0 bridgehead atoms. The predicted molar refractivity (Wildman–Crippen MR) is 80.4 cm³/mol. The largest absolute Gasteiger partial charge is 0.508 e. The third-order valence-electron chi connectivity index (χ3n) is 3.84. The maximum absolute atomic E-state index is 12.7. The summed E-state index contributed by atoms with van der Waals surface area (Å²) in [6.07, 6.45) is 1.41. The van der Waals surface area contributed by atoms with E-state index >= 15 is 0 Å². The van der Waals surface area contributed by atoms with Crippen LogP contribution in [0.4, 0.5) is 0 Å². The molecule has 1 N–H and O–H groups in total. The second kappa shape index (κ2) is 4.53. The van der Waals surface area contributed by atoms with Gasteiger partial charge in [-0.2, -0.15) is 0 Å². The van der Waals surface area contributed by atoms with Gasteiger partial charge in [-0.1, -0.05) is 6.07 Å². The van der Waals surface area contributed by atoms with Crippen molar-refractivity contribution in [2.75, 3.05) is 6.79 Å². The number of aromatic hydroxyl groups is 1. The molecule has 0 aliphatic carbocycles. The lowest BCUT2D eigenvalue weighted by Crippen LogP contribution is -2.05. The van der Waals surface area contributed by atoms with Gasteiger partial charge in [-0.15, -0.1) is 0 Å². The van der Waals surface area contributed by atoms with Crippen molar-refractivity contribution in [2.45, 2.75) is 6.92 Å². The van der Waals surface area contributed by atoms with Crippen molar-refractivity contribution in [1.82, 2.24) is 0 Å². The van der Waals surface area contributed by atoms with Crippen molar-refractivity contribution < 1.29 is 19.0 Å². The summed E-state index contributed by atoms with van der Waals surface area (Å²) >= 11 is 0. The molecular formula is C17H12O5. The average Bonchev–Trinajstić information content (AvgIpc) is 2.99. The molecule has 0 amide bonds. The molecule has 1 aliphatic rings. The number of aryl methyl sites for hydroxylation is 1. The molecule has 5 heteroatoms. The monoisotopic (exact) mass is 296 g/mol. The Morgan fingerprint density at radius 1 is 1.09 bits per heavy atom. The Morgan fingerprint density at radius 3 is 2.77 bits per heavy atom. The Morgan fingerprint density at radius 2 is 1.91 bits per heavy atom. The summed E-state index contributed by atoms with van der Waals surface area (Å²) < 4.78 is 16.2. The zero-order chi connectivity index (χ0) is 15.3. The molecule has 0 fully saturated rings. The first-order valence-corrected chi connectivity index (χ1v) is 6.79. The van der Waals surface area contributed by atoms with E-state index in [2.05, 4.69) is 0 Å². The fourth-order valence-corrected chi connectivity index (χ4v) is 2.59. The molecule has 2 heterocycles. The van der Waals surface area contributed by atoms with Crippen molar-refractivity contribution in [2.24, 2.45) is 0 Å². The molecule has 110 valence electrons. The van der Waals surface area contributed by atoms with Crippen molar-refractivity contribution in [3.8, 4) is 28.4 Å². The van der Waals surface area contributed by atoms with Crippen LogP contribution in [-0.2, 0) is 0 Å². The number of hydrogen-bond acceptors (Lipinski definition) is 5. The maximum atomic E-state index is 12.7. The lowest BCUT2D eigenvalue weighted by atomic mass is 10.0. The SMILES string of the molecule is Cc1c(O)ccc2c(=O)c(-c3ccc4c(c3)OCO4)coc12. The predicted octanol–water partition coefficient (Wildman–Crippen LogP) is 3.20. The molecule has 0 saturated heterocycles. The highest BCUT2D eigenvalue weighted by molar-refractivity contribution is 5.85. The van der Waals surface area contributed by atoms with Crippen LogP contribution in [0.5, 0.6) is 17.2 Å². The van der Waals surface area contributed by atoms with Crippen LogP contribution in [0.25, 0.3) is 22.1 Å². The Bertz CT molecular complexity index is 955. The average molecular weight is 296 g/mol. The summed E-state index contributed by atoms with van der Waals surface area (Å²) in [5.41, 5.74) is 1.94. The van der Waals surface area contributed by atoms with Gasteiger partial charge >= 0.3 is 0 Å². The van der Waals surface area contributed by atoms with E-state index in [0.717, 1.165) is 0 Å². The van der Waals surface area contributed by atoms with Crippen LogP contribution in [-0.4, -0.2) is 11.9 Å². The number of fused-ring (bicyclic) bond motifs is 2. The highest BCUT2D eigenvalue weighted by Gasteiger charge is 2.17. The molecule has 0 saturated carbocycles. The summed E-state index contributed by atoms with van der Waals surface area (Å²) in [5, 5.41) is 10.1. The number of ether oxygens (including phenoxy) is 2. The molecule has 0 radical (unpaired) electrons. The molecule has 3 aromatic rings. The number of phenolic OH excluding ortho intramolecular Hbond substituents is 1. The van der Waals surface area contributed by atoms with Gasteiger partial charge in [-0.05, 0) is 36.8 Å². The smallest absolute Gasteiger partial charge is 0.231 e. The third-order valence-corrected chi connectivity index (χ3v) is 3.84. The van der Waals surface area contributed by atoms with Crippen molar-refractivity contribution in [3.63, 3.8) is 0 Å². The maximum Gasteiger partial charge on any atom is 0.231 e. The second-order valence-corrected chi connectivity index (χ2v) is 5.13. The van der Waals surface area contributed by atoms with E-state index in [4.69, 9.17) is 13.9 Å². The van der Waals surface area contributed by atoms with Crippen molar-refractivity contribution in [3.05, 3.63) is 52.4 Å². The quantitative estimate of drug-likeness (QED) is 0.746. The van der Waals surface area contributed by atoms with Crippen LogP contribution in [0, 0.1) is 6.92 Å². The van der Waals surface area contributed by atoms with Crippen LogP contribution in [0.2, 0.25) is 0 Å². The van der Waals surface area contributed by atoms with Gasteiger partial charge in [0, 0.05) is 5.56 Å². The van der Waals surface area contributed by atoms with Crippen LogP contribution < -0.4 is 14.9 Å². The first-order chi connectivity index (χ1) is 10.6. The van der Waals surface area contributed by atoms with Gasteiger partial charge in [0.2, 0.25) is 12.2 Å². The van der Waals surface area contributed by atoms with Gasteiger partial charge in [0.05, 0.1) is 10.9 Å². The minimum atomic E-state index is -0.150. The Balaban J connectivity index is 1.95. The first kappa shape index (κ1) is 12.8. The minimum Gasteiger partial charge on any atom is -0.508 e. The van der Waals surface area contributed by atoms with E-state index in [1.54, 1.807) is 31.2 Å². The molecule has 4 rings (SSSR count).